The standard InChI is InChI=1S/C29H26N6O2.C27H26N8O4.C23H19F2N5O2/c1-20-7-5-11-30-26(20)8-6-12-35(23-13-24(36-3)16-25(14-23)37-4)22-9-10-27-28(15-22)33-29(18-31-27)21-17-32-34(2)19-21;1-34-15-17(13-30-34)24-14-29-22-6-5-18(11-23(22)31-24)35(19-9-20(37-2)12-21(10-19)38-3)16-25(36)32-27-28-8-7-26(33-27)39-4;1-5-8-30(23-21(24)19(31-3)10-20(32-4)22(23)25)15-6-7-16-17(9-15)28-18(12-26-16)14-11-27-29(2)13-14/h5,7,9-11,13-19H,12H2,1-4H3;5-15H,16H2,1-4H3,(H,28,32,33,36);1,6-7,9-13H,8H2,2-4H3. The number of carbonyl (C=O) groups is 1. The molecule has 108 heavy (non-hydrogen) atoms. The summed E-state index contributed by atoms with van der Waals surface area (Å²) in [5.74, 6) is 9.47. The summed E-state index contributed by atoms with van der Waals surface area (Å²) in [5.41, 5.74) is 13.7. The van der Waals surface area contributed by atoms with Gasteiger partial charge < -0.3 is 47.9 Å². The van der Waals surface area contributed by atoms with Crippen LogP contribution in [0.2, 0.25) is 0 Å². The number of hydrogen-bond donors (Lipinski definition) is 1. The minimum Gasteiger partial charge on any atom is -0.497 e. The molecule has 0 saturated carbocycles. The van der Waals surface area contributed by atoms with Gasteiger partial charge in [-0.2, -0.15) is 20.3 Å². The van der Waals surface area contributed by atoms with Crippen LogP contribution in [-0.4, -0.2) is 150 Å². The largest absolute Gasteiger partial charge is 0.497 e. The predicted molar refractivity (Wildman–Crippen MR) is 407 cm³/mol. The third kappa shape index (κ3) is 17.0. The number of anilines is 7. The summed E-state index contributed by atoms with van der Waals surface area (Å²) in [7, 11) is 16.0. The van der Waals surface area contributed by atoms with Crippen molar-refractivity contribution >= 4 is 79.1 Å². The SMILES string of the molecule is C#CCN(c1ccc2ncc(-c3cnn(C)c3)nc2c1)c1c(F)c(OC)cc(OC)c1F.COc1cc(OC)cc(N(CC#Cc2ncccc2C)c2ccc3ncc(-c4cnn(C)c4)nc3c2)c1.COc1cc(OC)cc(N(CC(=O)Nc2nccc(OC)n2)c2ccc3ncc(-c4cnn(C)c4)nc3c2)c1. The van der Waals surface area contributed by atoms with E-state index in [-0.39, 0.29) is 42.1 Å². The number of fused-ring (bicyclic) bond motifs is 3. The van der Waals surface area contributed by atoms with Crippen LogP contribution in [0.1, 0.15) is 11.3 Å². The van der Waals surface area contributed by atoms with Crippen molar-refractivity contribution in [1.29, 1.82) is 0 Å². The normalized spacial score (nSPS) is 10.7. The van der Waals surface area contributed by atoms with Crippen LogP contribution in [-0.2, 0) is 25.9 Å². The molecule has 29 heteroatoms. The Bertz CT molecular complexity index is 5650. The molecule has 1 amide bonds. The van der Waals surface area contributed by atoms with Crippen LogP contribution in [0, 0.1) is 42.7 Å². The topological polar surface area (TPSA) is 273 Å². The molecule has 0 aliphatic rings. The first-order valence-electron chi connectivity index (χ1n) is 33.1. The van der Waals surface area contributed by atoms with E-state index in [2.05, 4.69) is 78.2 Å². The zero-order chi connectivity index (χ0) is 76.0. The minimum atomic E-state index is -0.892. The van der Waals surface area contributed by atoms with Gasteiger partial charge in [0.05, 0.1) is 150 Å². The zero-order valence-corrected chi connectivity index (χ0v) is 60.6. The Morgan fingerprint density at radius 1 is 0.472 bits per heavy atom. The van der Waals surface area contributed by atoms with Crippen LogP contribution in [0.25, 0.3) is 66.9 Å². The highest BCUT2D eigenvalue weighted by atomic mass is 19.1. The maximum atomic E-state index is 15.1. The number of terminal acetylenes is 1. The summed E-state index contributed by atoms with van der Waals surface area (Å²) < 4.78 is 72.6. The Labute approximate surface area is 619 Å². The zero-order valence-electron chi connectivity index (χ0n) is 60.6. The van der Waals surface area contributed by atoms with Crippen molar-refractivity contribution in [1.82, 2.24) is 74.2 Å². The summed E-state index contributed by atoms with van der Waals surface area (Å²) >= 11 is 0. The molecular weight excluding hydrogens is 1380 g/mol. The van der Waals surface area contributed by atoms with Gasteiger partial charge in [-0.1, -0.05) is 17.9 Å². The van der Waals surface area contributed by atoms with Gasteiger partial charge in [0.2, 0.25) is 17.7 Å². The molecule has 8 heterocycles. The fourth-order valence-corrected chi connectivity index (χ4v) is 11.3. The van der Waals surface area contributed by atoms with Crippen molar-refractivity contribution in [3.05, 3.63) is 206 Å². The van der Waals surface area contributed by atoms with Crippen molar-refractivity contribution in [2.45, 2.75) is 6.92 Å². The number of amides is 1. The van der Waals surface area contributed by atoms with Gasteiger partial charge in [0, 0.05) is 146 Å². The molecule has 1 N–H and O–H groups in total. The van der Waals surface area contributed by atoms with Crippen molar-refractivity contribution in [2.24, 2.45) is 21.1 Å². The highest BCUT2D eigenvalue weighted by molar-refractivity contribution is 5.95. The van der Waals surface area contributed by atoms with Crippen molar-refractivity contribution in [3.63, 3.8) is 0 Å². The van der Waals surface area contributed by atoms with E-state index < -0.39 is 11.6 Å². The number of aryl methyl sites for hydroxylation is 4. The second kappa shape index (κ2) is 33.4. The van der Waals surface area contributed by atoms with Gasteiger partial charge in [-0.25, -0.2) is 33.7 Å². The first kappa shape index (κ1) is 73.4. The van der Waals surface area contributed by atoms with Crippen LogP contribution in [0.3, 0.4) is 0 Å². The average Bonchev–Trinajstić information content (AvgIpc) is 0.904. The molecule has 0 aliphatic heterocycles. The second-order valence-electron chi connectivity index (χ2n) is 23.8. The van der Waals surface area contributed by atoms with Crippen LogP contribution >= 0.6 is 0 Å². The van der Waals surface area contributed by atoms with E-state index in [9.17, 15) is 4.79 Å². The average molecular weight is 1450 g/mol. The van der Waals surface area contributed by atoms with Gasteiger partial charge >= 0.3 is 0 Å². The lowest BCUT2D eigenvalue weighted by molar-refractivity contribution is -0.114. The second-order valence-corrected chi connectivity index (χ2v) is 23.8. The number of ether oxygens (including phenoxy) is 7. The Kier molecular flexibility index (Phi) is 22.7. The molecular formula is C79H71F2N19O8. The Hall–Kier alpha value is -14.4. The number of benzene rings is 6. The Morgan fingerprint density at radius 2 is 0.926 bits per heavy atom. The van der Waals surface area contributed by atoms with Gasteiger partial charge in [0.1, 0.15) is 40.9 Å². The van der Waals surface area contributed by atoms with E-state index in [1.807, 2.05) is 123 Å². The molecule has 0 radical (unpaired) electrons. The molecule has 0 fully saturated rings. The molecule has 0 aliphatic carbocycles. The first-order chi connectivity index (χ1) is 52.4. The molecule has 0 saturated heterocycles. The molecule has 0 unspecified atom stereocenters. The van der Waals surface area contributed by atoms with E-state index >= 15 is 8.78 Å². The molecule has 0 bridgehead atoms. The number of rotatable bonds is 21. The summed E-state index contributed by atoms with van der Waals surface area (Å²) in [6, 6.07) is 34.5. The summed E-state index contributed by atoms with van der Waals surface area (Å²) in [6.45, 7) is 2.24. The van der Waals surface area contributed by atoms with Gasteiger partial charge in [-0.15, -0.1) is 6.42 Å². The van der Waals surface area contributed by atoms with Gasteiger partial charge in [0.25, 0.3) is 0 Å². The molecule has 14 rings (SSSR count). The third-order valence-electron chi connectivity index (χ3n) is 16.7. The Balaban J connectivity index is 0.000000152. The number of nitrogens with zero attached hydrogens (tertiary/aromatic N) is 18. The van der Waals surface area contributed by atoms with Crippen LogP contribution in [0.4, 0.5) is 48.9 Å². The van der Waals surface area contributed by atoms with Gasteiger partial charge in [-0.3, -0.25) is 39.1 Å². The number of hydrogen-bond acceptors (Lipinski definition) is 23. The van der Waals surface area contributed by atoms with Crippen LogP contribution in [0.5, 0.6) is 40.4 Å². The van der Waals surface area contributed by atoms with Crippen LogP contribution < -0.4 is 53.2 Å². The monoisotopic (exact) mass is 1450 g/mol. The fourth-order valence-electron chi connectivity index (χ4n) is 11.3. The number of methoxy groups -OCH3 is 7. The number of nitrogens with one attached hydrogen (secondary N) is 1. The summed E-state index contributed by atoms with van der Waals surface area (Å²) in [6.07, 6.45) is 24.7. The van der Waals surface area contributed by atoms with E-state index in [4.69, 9.17) is 49.5 Å². The lowest BCUT2D eigenvalue weighted by Crippen LogP contribution is -2.30. The molecule has 0 spiro atoms. The molecule has 0 atom stereocenters. The summed E-state index contributed by atoms with van der Waals surface area (Å²) in [4.78, 5) is 59.0. The van der Waals surface area contributed by atoms with E-state index in [1.54, 1.807) is 123 Å². The molecule has 544 valence electrons. The lowest BCUT2D eigenvalue weighted by Gasteiger charge is -2.25. The van der Waals surface area contributed by atoms with E-state index in [0.29, 0.717) is 85.9 Å². The minimum absolute atomic E-state index is 0.0713. The maximum absolute atomic E-state index is 15.1. The molecule has 27 nitrogen and oxygen atoms in total. The summed E-state index contributed by atoms with van der Waals surface area (Å²) in [5, 5.41) is 15.4. The predicted octanol–water partition coefficient (Wildman–Crippen LogP) is 12.7. The van der Waals surface area contributed by atoms with Crippen LogP contribution in [0.15, 0.2) is 183 Å². The van der Waals surface area contributed by atoms with E-state index in [1.165, 1.54) is 32.4 Å². The first-order valence-corrected chi connectivity index (χ1v) is 33.1. The smallest absolute Gasteiger partial charge is 0.246 e. The van der Waals surface area contributed by atoms with Crippen molar-refractivity contribution < 1.29 is 46.7 Å². The van der Waals surface area contributed by atoms with Gasteiger partial charge in [-0.05, 0) is 79.1 Å². The molecule has 6 aromatic carbocycles. The lowest BCUT2D eigenvalue weighted by atomic mass is 10.1. The van der Waals surface area contributed by atoms with E-state index in [0.717, 1.165) is 62.1 Å². The highest BCUT2D eigenvalue weighted by Gasteiger charge is 2.27. The third-order valence-corrected chi connectivity index (χ3v) is 16.7. The number of aromatic nitrogens is 15. The Morgan fingerprint density at radius 3 is 1.34 bits per heavy atom. The quantitative estimate of drug-likeness (QED) is 0.0655. The fraction of sp³-hybridized carbons (Fsp3) is 0.177. The molecule has 8 aromatic heterocycles. The van der Waals surface area contributed by atoms with Crippen molar-refractivity contribution in [3.8, 4) is 98.3 Å². The highest BCUT2D eigenvalue weighted by Crippen LogP contribution is 2.42. The van der Waals surface area contributed by atoms with Crippen molar-refractivity contribution in [2.75, 3.05) is 89.4 Å². The van der Waals surface area contributed by atoms with Gasteiger partial charge in [0.15, 0.2) is 23.1 Å². The molecule has 14 aromatic rings. The number of halogens is 2. The number of pyridine rings is 1. The number of carbonyl (C=O) groups excluding carboxylic acids is 1. The maximum Gasteiger partial charge on any atom is 0.246 e.